The van der Waals surface area contributed by atoms with Crippen molar-refractivity contribution < 1.29 is 9.90 Å². The van der Waals surface area contributed by atoms with Gasteiger partial charge in [0.2, 0.25) is 0 Å². The van der Waals surface area contributed by atoms with Crippen LogP contribution in [0.15, 0.2) is 24.3 Å². The van der Waals surface area contributed by atoms with Gasteiger partial charge in [0.25, 0.3) is 0 Å². The molecule has 0 radical (unpaired) electrons. The smallest absolute Gasteiger partial charge is 0.325 e. The molecule has 0 bridgehead atoms. The van der Waals surface area contributed by atoms with Crippen LogP contribution in [-0.2, 0) is 4.79 Å². The van der Waals surface area contributed by atoms with E-state index in [0.29, 0.717) is 0 Å². The molecule has 4 heteroatoms. The average Bonchev–Trinajstić information content (AvgIpc) is 2.29. The van der Waals surface area contributed by atoms with Gasteiger partial charge in [-0.3, -0.25) is 9.69 Å². The number of aliphatic carboxylic acids is 1. The lowest BCUT2D eigenvalue weighted by atomic mass is 10.0. The maximum atomic E-state index is 11.5. The van der Waals surface area contributed by atoms with Crippen molar-refractivity contribution in [1.29, 1.82) is 0 Å². The molecule has 0 fully saturated rings. The number of likely N-dealkylation sites (N-methyl/N-ethyl adjacent to an activating group) is 2. The van der Waals surface area contributed by atoms with E-state index in [1.165, 1.54) is 0 Å². The minimum absolute atomic E-state index is 0.578. The SMILES string of the molecule is Cc1ccccc1C(C(=O)O)N(C)CCN(C)C. The molecule has 0 aliphatic rings. The fourth-order valence-corrected chi connectivity index (χ4v) is 1.94. The molecule has 0 amide bonds. The topological polar surface area (TPSA) is 43.8 Å². The predicted octanol–water partition coefficient (Wildman–Crippen LogP) is 1.61. The summed E-state index contributed by atoms with van der Waals surface area (Å²) in [5.74, 6) is -0.800. The Labute approximate surface area is 109 Å². The Morgan fingerprint density at radius 1 is 1.22 bits per heavy atom. The molecule has 0 spiro atoms. The summed E-state index contributed by atoms with van der Waals surface area (Å²) < 4.78 is 0. The first kappa shape index (κ1) is 14.7. The third-order valence-corrected chi connectivity index (χ3v) is 3.06. The number of carboxylic acid groups (broad SMARTS) is 1. The maximum Gasteiger partial charge on any atom is 0.325 e. The molecule has 1 aromatic carbocycles. The van der Waals surface area contributed by atoms with E-state index >= 15 is 0 Å². The van der Waals surface area contributed by atoms with Gasteiger partial charge in [0.1, 0.15) is 6.04 Å². The van der Waals surface area contributed by atoms with Crippen LogP contribution >= 0.6 is 0 Å². The summed E-state index contributed by atoms with van der Waals surface area (Å²) in [6.07, 6.45) is 0. The molecule has 0 aliphatic heterocycles. The number of benzene rings is 1. The fraction of sp³-hybridized carbons (Fsp3) is 0.500. The van der Waals surface area contributed by atoms with Gasteiger partial charge in [0.05, 0.1) is 0 Å². The Morgan fingerprint density at radius 2 is 1.83 bits per heavy atom. The highest BCUT2D eigenvalue weighted by Crippen LogP contribution is 2.22. The van der Waals surface area contributed by atoms with Gasteiger partial charge in [-0.05, 0) is 39.2 Å². The normalized spacial score (nSPS) is 13.0. The van der Waals surface area contributed by atoms with Crippen molar-refractivity contribution in [1.82, 2.24) is 9.80 Å². The van der Waals surface area contributed by atoms with Crippen molar-refractivity contribution in [2.45, 2.75) is 13.0 Å². The molecule has 0 heterocycles. The van der Waals surface area contributed by atoms with Crippen LogP contribution in [0.5, 0.6) is 0 Å². The van der Waals surface area contributed by atoms with Crippen molar-refractivity contribution in [2.75, 3.05) is 34.2 Å². The molecule has 0 aromatic heterocycles. The second-order valence-electron chi connectivity index (χ2n) is 4.88. The van der Waals surface area contributed by atoms with Crippen LogP contribution in [0.2, 0.25) is 0 Å². The minimum atomic E-state index is -0.800. The van der Waals surface area contributed by atoms with Gasteiger partial charge in [-0.25, -0.2) is 0 Å². The molecule has 0 aliphatic carbocycles. The highest BCUT2D eigenvalue weighted by Gasteiger charge is 2.25. The molecule has 1 N–H and O–H groups in total. The van der Waals surface area contributed by atoms with Crippen LogP contribution in [0.25, 0.3) is 0 Å². The van der Waals surface area contributed by atoms with E-state index in [0.717, 1.165) is 24.2 Å². The lowest BCUT2D eigenvalue weighted by Gasteiger charge is -2.27. The van der Waals surface area contributed by atoms with Crippen molar-refractivity contribution in [3.8, 4) is 0 Å². The van der Waals surface area contributed by atoms with Crippen LogP contribution in [-0.4, -0.2) is 55.1 Å². The van der Waals surface area contributed by atoms with Crippen LogP contribution in [0, 0.1) is 6.92 Å². The fourth-order valence-electron chi connectivity index (χ4n) is 1.94. The van der Waals surface area contributed by atoms with Gasteiger partial charge in [-0.2, -0.15) is 0 Å². The van der Waals surface area contributed by atoms with Gasteiger partial charge in [0.15, 0.2) is 0 Å². The second-order valence-corrected chi connectivity index (χ2v) is 4.88. The second kappa shape index (κ2) is 6.52. The third-order valence-electron chi connectivity index (χ3n) is 3.06. The molecule has 1 aromatic rings. The summed E-state index contributed by atoms with van der Waals surface area (Å²) in [6, 6.07) is 7.08. The van der Waals surface area contributed by atoms with Crippen molar-refractivity contribution in [3.05, 3.63) is 35.4 Å². The number of hydrogen-bond acceptors (Lipinski definition) is 3. The van der Waals surface area contributed by atoms with Gasteiger partial charge in [0, 0.05) is 13.1 Å². The Bertz CT molecular complexity index is 405. The molecule has 0 saturated heterocycles. The third kappa shape index (κ3) is 3.82. The molecule has 100 valence electrons. The van der Waals surface area contributed by atoms with Crippen molar-refractivity contribution >= 4 is 5.97 Å². The average molecular weight is 250 g/mol. The summed E-state index contributed by atoms with van der Waals surface area (Å²) >= 11 is 0. The molecule has 0 saturated carbocycles. The molecule has 1 unspecified atom stereocenters. The first-order valence-corrected chi connectivity index (χ1v) is 6.06. The molecular weight excluding hydrogens is 228 g/mol. The van der Waals surface area contributed by atoms with Crippen LogP contribution in [0.4, 0.5) is 0 Å². The number of aryl methyl sites for hydroxylation is 1. The lowest BCUT2D eigenvalue weighted by molar-refractivity contribution is -0.143. The van der Waals surface area contributed by atoms with Crippen LogP contribution in [0.3, 0.4) is 0 Å². The van der Waals surface area contributed by atoms with Crippen molar-refractivity contribution in [2.24, 2.45) is 0 Å². The monoisotopic (exact) mass is 250 g/mol. The van der Waals surface area contributed by atoms with E-state index in [1.807, 2.05) is 62.1 Å². The quantitative estimate of drug-likeness (QED) is 0.833. The Balaban J connectivity index is 2.90. The van der Waals surface area contributed by atoms with Gasteiger partial charge in [-0.15, -0.1) is 0 Å². The lowest BCUT2D eigenvalue weighted by Crippen LogP contribution is -2.36. The Kier molecular flexibility index (Phi) is 5.31. The largest absolute Gasteiger partial charge is 0.480 e. The summed E-state index contributed by atoms with van der Waals surface area (Å²) in [6.45, 7) is 3.51. The van der Waals surface area contributed by atoms with Gasteiger partial charge < -0.3 is 10.0 Å². The Morgan fingerprint density at radius 3 is 2.33 bits per heavy atom. The van der Waals surface area contributed by atoms with Crippen molar-refractivity contribution in [3.63, 3.8) is 0 Å². The first-order valence-electron chi connectivity index (χ1n) is 6.06. The zero-order valence-corrected chi connectivity index (χ0v) is 11.6. The number of nitrogens with zero attached hydrogens (tertiary/aromatic N) is 2. The zero-order valence-electron chi connectivity index (χ0n) is 11.6. The van der Waals surface area contributed by atoms with E-state index in [2.05, 4.69) is 0 Å². The molecule has 1 rings (SSSR count). The van der Waals surface area contributed by atoms with E-state index in [1.54, 1.807) is 0 Å². The Hall–Kier alpha value is -1.39. The van der Waals surface area contributed by atoms with Crippen LogP contribution in [0.1, 0.15) is 17.2 Å². The highest BCUT2D eigenvalue weighted by molar-refractivity contribution is 5.76. The molecule has 4 nitrogen and oxygen atoms in total. The standard InChI is InChI=1S/C14H22N2O2/c1-11-7-5-6-8-12(11)13(14(17)18)16(4)10-9-15(2)3/h5-8,13H,9-10H2,1-4H3,(H,17,18). The van der Waals surface area contributed by atoms with E-state index in [4.69, 9.17) is 0 Å². The summed E-state index contributed by atoms with van der Waals surface area (Å²) in [5.41, 5.74) is 1.88. The molecule has 18 heavy (non-hydrogen) atoms. The van der Waals surface area contributed by atoms with E-state index in [9.17, 15) is 9.90 Å². The molecule has 1 atom stereocenters. The minimum Gasteiger partial charge on any atom is -0.480 e. The summed E-state index contributed by atoms with van der Waals surface area (Å²) in [7, 11) is 5.82. The highest BCUT2D eigenvalue weighted by atomic mass is 16.4. The molecular formula is C14H22N2O2. The first-order chi connectivity index (χ1) is 8.43. The number of carboxylic acids is 1. The number of rotatable bonds is 6. The van der Waals surface area contributed by atoms with Crippen LogP contribution < -0.4 is 0 Å². The van der Waals surface area contributed by atoms with E-state index in [-0.39, 0.29) is 0 Å². The zero-order chi connectivity index (χ0) is 13.7. The number of hydrogen-bond donors (Lipinski definition) is 1. The summed E-state index contributed by atoms with van der Waals surface area (Å²) in [4.78, 5) is 15.4. The van der Waals surface area contributed by atoms with E-state index < -0.39 is 12.0 Å². The summed E-state index contributed by atoms with van der Waals surface area (Å²) in [5, 5.41) is 9.43. The van der Waals surface area contributed by atoms with Gasteiger partial charge in [-0.1, -0.05) is 24.3 Å². The predicted molar refractivity (Wildman–Crippen MR) is 72.7 cm³/mol. The van der Waals surface area contributed by atoms with Gasteiger partial charge >= 0.3 is 5.97 Å². The maximum absolute atomic E-state index is 11.5. The number of carbonyl (C=O) groups is 1.